The molecule has 18 heteroatoms. The minimum atomic E-state index is -4.92. The Morgan fingerprint density at radius 3 is 0.931 bits per heavy atom. The number of rotatable bonds is 65. The predicted octanol–water partition coefficient (Wildman–Crippen LogP) is 18.8. The van der Waals surface area contributed by atoms with Crippen molar-refractivity contribution < 1.29 is 75.8 Å². The smallest absolute Gasteiger partial charge is 0.463 e. The molecule has 0 saturated carbocycles. The number of ether oxygens (including phenoxy) is 3. The Hall–Kier alpha value is -3.01. The molecule has 0 bridgehead atoms. The summed E-state index contributed by atoms with van der Waals surface area (Å²) < 4.78 is 60.8. The molecule has 0 aromatic carbocycles. The van der Waals surface area contributed by atoms with Gasteiger partial charge in [-0.15, -0.1) is 0 Å². The highest BCUT2D eigenvalue weighted by Gasteiger charge is 2.29. The monoisotopic (exact) mass is 1270 g/mol. The summed E-state index contributed by atoms with van der Waals surface area (Å²) in [6, 6.07) is 0. The van der Waals surface area contributed by atoms with Crippen molar-refractivity contribution in [2.24, 2.45) is 0 Å². The maximum Gasteiger partial charge on any atom is 0.472 e. The number of allylic oxidation sites excluding steroid dienone is 12. The van der Waals surface area contributed by atoms with Gasteiger partial charge in [0.1, 0.15) is 25.4 Å². The highest BCUT2D eigenvalue weighted by molar-refractivity contribution is 7.47. The van der Waals surface area contributed by atoms with E-state index in [9.17, 15) is 43.5 Å². The van der Waals surface area contributed by atoms with Crippen molar-refractivity contribution in [1.82, 2.24) is 0 Å². The molecule has 0 spiro atoms. The second-order valence-corrected chi connectivity index (χ2v) is 25.9. The average molecular weight is 1270 g/mol. The van der Waals surface area contributed by atoms with E-state index in [1.54, 1.807) is 0 Å². The molecule has 0 radical (unpaired) electrons. The van der Waals surface area contributed by atoms with Gasteiger partial charge in [-0.25, -0.2) is 9.13 Å². The predicted molar refractivity (Wildman–Crippen MR) is 353 cm³/mol. The Balaban J connectivity index is 4.64. The van der Waals surface area contributed by atoms with Crippen LogP contribution >= 0.6 is 15.6 Å². The van der Waals surface area contributed by atoms with E-state index in [4.69, 9.17) is 32.3 Å². The lowest BCUT2D eigenvalue weighted by Gasteiger charge is -2.21. The molecule has 0 heterocycles. The van der Waals surface area contributed by atoms with Gasteiger partial charge in [0.2, 0.25) is 0 Å². The summed E-state index contributed by atoms with van der Waals surface area (Å²) in [5.74, 6) is -1.60. The van der Waals surface area contributed by atoms with E-state index in [2.05, 4.69) is 93.7 Å². The molecule has 0 amide bonds. The molecule has 0 saturated heterocycles. The Labute approximate surface area is 528 Å². The van der Waals surface area contributed by atoms with Crippen molar-refractivity contribution in [3.05, 3.63) is 72.9 Å². The highest BCUT2D eigenvalue weighted by atomic mass is 31.2. The maximum absolute atomic E-state index is 12.9. The van der Waals surface area contributed by atoms with Crippen LogP contribution < -0.4 is 0 Å². The second kappa shape index (κ2) is 63.2. The summed E-state index contributed by atoms with van der Waals surface area (Å²) >= 11 is 0. The Kier molecular flexibility index (Phi) is 61.0. The number of carbonyl (C=O) groups excluding carboxylic acids is 3. The number of aliphatic hydroxyl groups excluding tert-OH is 2. The van der Waals surface area contributed by atoms with Crippen LogP contribution in [0.1, 0.15) is 290 Å². The molecule has 0 aliphatic rings. The van der Waals surface area contributed by atoms with Crippen molar-refractivity contribution in [3.8, 4) is 0 Å². The van der Waals surface area contributed by atoms with Gasteiger partial charge in [0.15, 0.2) is 6.10 Å². The topological polar surface area (TPSA) is 231 Å². The normalized spacial score (nSPS) is 14.7. The number of esters is 3. The molecule has 0 fully saturated rings. The van der Waals surface area contributed by atoms with Crippen molar-refractivity contribution in [3.63, 3.8) is 0 Å². The molecule has 5 atom stereocenters. The minimum absolute atomic E-state index is 0.106. The van der Waals surface area contributed by atoms with E-state index in [-0.39, 0.29) is 19.3 Å². The molecule has 16 nitrogen and oxygen atoms in total. The quantitative estimate of drug-likeness (QED) is 0.0146. The molecule has 5 unspecified atom stereocenters. The van der Waals surface area contributed by atoms with E-state index in [0.29, 0.717) is 19.3 Å². The Morgan fingerprint density at radius 1 is 0.322 bits per heavy atom. The van der Waals surface area contributed by atoms with Crippen LogP contribution in [0.2, 0.25) is 0 Å². The van der Waals surface area contributed by atoms with Crippen molar-refractivity contribution in [2.75, 3.05) is 39.6 Å². The number of unbranched alkanes of at least 4 members (excludes halogenated alkanes) is 30. The zero-order chi connectivity index (χ0) is 63.8. The van der Waals surface area contributed by atoms with Crippen LogP contribution in [0.25, 0.3) is 0 Å². The standard InChI is InChI=1S/C69H124O16P2/c1-4-7-10-13-16-19-22-25-28-29-30-31-32-33-36-38-40-43-46-49-52-55-67(72)79-58-64(70)59-81-86(75,76)82-60-65(71)61-83-87(77,78)84-63-66(85-69(74)57-54-51-48-45-42-39-35-27-24-21-18-15-12-9-6-3)62-80-68(73)56-53-50-47-44-41-37-34-26-23-20-17-14-11-8-5-2/h16-17,19-20,25-26,28,30-31,33-34,36,64-66,70-71H,4-15,18,21-24,27,29,32,35,37-63H2,1-3H3,(H,75,76)(H,77,78)/b19-16-,20-17-,28-25-,31-30-,34-26-,36-33-. The van der Waals surface area contributed by atoms with Gasteiger partial charge in [-0.2, -0.15) is 0 Å². The summed E-state index contributed by atoms with van der Waals surface area (Å²) in [7, 11) is -9.77. The van der Waals surface area contributed by atoms with Crippen LogP contribution in [0.15, 0.2) is 72.9 Å². The number of carbonyl (C=O) groups is 3. The van der Waals surface area contributed by atoms with Gasteiger partial charge in [0, 0.05) is 19.3 Å². The summed E-state index contributed by atoms with van der Waals surface area (Å²) in [6.45, 7) is 2.60. The van der Waals surface area contributed by atoms with Crippen molar-refractivity contribution in [1.29, 1.82) is 0 Å². The molecule has 0 aliphatic carbocycles. The van der Waals surface area contributed by atoms with Crippen LogP contribution in [0, 0.1) is 0 Å². The first-order chi connectivity index (χ1) is 42.2. The van der Waals surface area contributed by atoms with E-state index in [1.165, 1.54) is 109 Å². The zero-order valence-corrected chi connectivity index (χ0v) is 56.5. The second-order valence-electron chi connectivity index (χ2n) is 23.0. The van der Waals surface area contributed by atoms with E-state index in [1.807, 2.05) is 0 Å². The van der Waals surface area contributed by atoms with E-state index >= 15 is 0 Å². The number of aliphatic hydroxyl groups is 2. The third-order valence-electron chi connectivity index (χ3n) is 14.4. The van der Waals surface area contributed by atoms with Gasteiger partial charge in [-0.3, -0.25) is 32.5 Å². The van der Waals surface area contributed by atoms with Gasteiger partial charge in [0.05, 0.1) is 26.4 Å². The Bertz CT molecular complexity index is 1880. The van der Waals surface area contributed by atoms with Crippen LogP contribution in [-0.2, 0) is 55.8 Å². The lowest BCUT2D eigenvalue weighted by molar-refractivity contribution is -0.161. The highest BCUT2D eigenvalue weighted by Crippen LogP contribution is 2.45. The largest absolute Gasteiger partial charge is 0.472 e. The first-order valence-electron chi connectivity index (χ1n) is 34.2. The average Bonchev–Trinajstić information content (AvgIpc) is 3.68. The third-order valence-corrected chi connectivity index (χ3v) is 16.3. The summed E-state index contributed by atoms with van der Waals surface area (Å²) in [4.78, 5) is 58.3. The molecule has 0 aromatic heterocycles. The lowest BCUT2D eigenvalue weighted by atomic mass is 10.0. The minimum Gasteiger partial charge on any atom is -0.463 e. The summed E-state index contributed by atoms with van der Waals surface area (Å²) in [6.07, 6.45) is 65.2. The molecule has 506 valence electrons. The third kappa shape index (κ3) is 64.3. The first kappa shape index (κ1) is 84.0. The molecular weight excluding hydrogens is 1150 g/mol. The zero-order valence-electron chi connectivity index (χ0n) is 54.7. The number of hydrogen-bond donors (Lipinski definition) is 4. The van der Waals surface area contributed by atoms with Gasteiger partial charge in [-0.1, -0.05) is 248 Å². The molecule has 0 aromatic rings. The number of phosphoric ester groups is 2. The lowest BCUT2D eigenvalue weighted by Crippen LogP contribution is -2.30. The number of phosphoric acid groups is 2. The SMILES string of the molecule is CCCCC/C=C\C/C=C\C/C=C\C/C=C\CCCCCCCC(=O)OCC(O)COP(=O)(O)OCC(O)COP(=O)(O)OCC(COC(=O)CCCCCCC/C=C\C/C=C\CCCCC)OC(=O)CCCCCCCCCCCCCCCCC. The van der Waals surface area contributed by atoms with Gasteiger partial charge < -0.3 is 34.2 Å². The summed E-state index contributed by atoms with van der Waals surface area (Å²) in [5, 5.41) is 20.5. The number of hydrogen-bond acceptors (Lipinski definition) is 14. The molecular formula is C69H124O16P2. The first-order valence-corrected chi connectivity index (χ1v) is 37.2. The van der Waals surface area contributed by atoms with Gasteiger partial charge >= 0.3 is 33.6 Å². The van der Waals surface area contributed by atoms with Crippen molar-refractivity contribution >= 4 is 33.6 Å². The van der Waals surface area contributed by atoms with E-state index < -0.39 is 91.5 Å². The van der Waals surface area contributed by atoms with Crippen LogP contribution in [0.3, 0.4) is 0 Å². The molecule has 0 aliphatic heterocycles. The fourth-order valence-electron chi connectivity index (χ4n) is 9.11. The van der Waals surface area contributed by atoms with Crippen molar-refractivity contribution in [2.45, 2.75) is 309 Å². The van der Waals surface area contributed by atoms with Gasteiger partial charge in [-0.05, 0) is 96.3 Å². The summed E-state index contributed by atoms with van der Waals surface area (Å²) in [5.41, 5.74) is 0. The van der Waals surface area contributed by atoms with E-state index in [0.717, 1.165) is 122 Å². The Morgan fingerprint density at radius 2 is 0.575 bits per heavy atom. The van der Waals surface area contributed by atoms with Crippen LogP contribution in [-0.4, -0.2) is 95.9 Å². The molecule has 0 rings (SSSR count). The van der Waals surface area contributed by atoms with Gasteiger partial charge in [0.25, 0.3) is 0 Å². The van der Waals surface area contributed by atoms with Crippen LogP contribution in [0.5, 0.6) is 0 Å². The fourth-order valence-corrected chi connectivity index (χ4v) is 10.7. The molecule has 4 N–H and O–H groups in total. The maximum atomic E-state index is 12.9. The fraction of sp³-hybridized carbons (Fsp3) is 0.783. The van der Waals surface area contributed by atoms with Crippen LogP contribution in [0.4, 0.5) is 0 Å². The molecule has 87 heavy (non-hydrogen) atoms.